The minimum atomic E-state index is -0.339. The lowest BCUT2D eigenvalue weighted by Gasteiger charge is -2.25. The highest BCUT2D eigenvalue weighted by Crippen LogP contribution is 2.13. The van der Waals surface area contributed by atoms with Gasteiger partial charge in [-0.05, 0) is 12.8 Å². The molecular weight excluding hydrogens is 370 g/mol. The molecule has 0 amide bonds. The molecule has 0 heterocycles. The number of unbranched alkanes of at least 4 members (excludes halogenated alkanes) is 14. The van der Waals surface area contributed by atoms with E-state index in [0.29, 0.717) is 19.6 Å². The molecule has 2 N–H and O–H groups in total. The van der Waals surface area contributed by atoms with Gasteiger partial charge in [0.25, 0.3) is 0 Å². The molecule has 0 aliphatic heterocycles. The Kier molecular flexibility index (Phi) is 22.7. The van der Waals surface area contributed by atoms with E-state index in [9.17, 15) is 10.2 Å². The minimum absolute atomic E-state index is 0.339. The van der Waals surface area contributed by atoms with Gasteiger partial charge < -0.3 is 10.2 Å². The first-order chi connectivity index (χ1) is 14.6. The Bertz CT molecular complexity index is 352. The SMILES string of the molecule is C#CCN(CC(O)CCCCCCCCCC)CC(O)CCCCCCCCCC. The molecule has 0 spiro atoms. The summed E-state index contributed by atoms with van der Waals surface area (Å²) in [7, 11) is 0. The van der Waals surface area contributed by atoms with Crippen LogP contribution >= 0.6 is 0 Å². The van der Waals surface area contributed by atoms with Crippen molar-refractivity contribution >= 4 is 0 Å². The van der Waals surface area contributed by atoms with Gasteiger partial charge >= 0.3 is 0 Å². The average molecular weight is 424 g/mol. The molecule has 0 aromatic rings. The van der Waals surface area contributed by atoms with Gasteiger partial charge in [-0.25, -0.2) is 0 Å². The first kappa shape index (κ1) is 29.4. The maximum Gasteiger partial charge on any atom is 0.0667 e. The Balaban J connectivity index is 3.79. The molecule has 0 aromatic carbocycles. The van der Waals surface area contributed by atoms with Crippen LogP contribution in [0.5, 0.6) is 0 Å². The van der Waals surface area contributed by atoms with Gasteiger partial charge in [0.05, 0.1) is 18.8 Å². The van der Waals surface area contributed by atoms with E-state index in [0.717, 1.165) is 25.7 Å². The Morgan fingerprint density at radius 2 is 0.933 bits per heavy atom. The van der Waals surface area contributed by atoms with Crippen molar-refractivity contribution in [3.63, 3.8) is 0 Å². The van der Waals surface area contributed by atoms with Crippen LogP contribution in [0.4, 0.5) is 0 Å². The van der Waals surface area contributed by atoms with Gasteiger partial charge in [-0.2, -0.15) is 0 Å². The van der Waals surface area contributed by atoms with Crippen LogP contribution in [0, 0.1) is 12.3 Å². The van der Waals surface area contributed by atoms with E-state index < -0.39 is 0 Å². The summed E-state index contributed by atoms with van der Waals surface area (Å²) in [6.07, 6.45) is 27.0. The van der Waals surface area contributed by atoms with Crippen LogP contribution in [-0.2, 0) is 0 Å². The topological polar surface area (TPSA) is 43.7 Å². The van der Waals surface area contributed by atoms with Gasteiger partial charge in [-0.3, -0.25) is 4.90 Å². The summed E-state index contributed by atoms with van der Waals surface area (Å²) < 4.78 is 0. The molecule has 0 saturated carbocycles. The summed E-state index contributed by atoms with van der Waals surface area (Å²) in [5.74, 6) is 2.68. The van der Waals surface area contributed by atoms with Gasteiger partial charge in [0.1, 0.15) is 0 Å². The number of nitrogens with zero attached hydrogens (tertiary/aromatic N) is 1. The van der Waals surface area contributed by atoms with Crippen LogP contribution in [0.2, 0.25) is 0 Å². The molecular formula is C27H53NO2. The second kappa shape index (κ2) is 23.1. The zero-order valence-corrected chi connectivity index (χ0v) is 20.4. The summed E-state index contributed by atoms with van der Waals surface area (Å²) in [5, 5.41) is 20.7. The molecule has 0 aliphatic rings. The molecule has 3 heteroatoms. The Morgan fingerprint density at radius 1 is 0.600 bits per heavy atom. The highest BCUT2D eigenvalue weighted by Gasteiger charge is 2.15. The standard InChI is InChI=1S/C27H53NO2/c1-4-7-9-11-13-15-17-19-21-26(29)24-28(23-6-3)25-27(30)22-20-18-16-14-12-10-8-5-2/h3,26-27,29-30H,4-5,7-25H2,1-2H3. The molecule has 0 aromatic heterocycles. The van der Waals surface area contributed by atoms with E-state index in [1.54, 1.807) is 0 Å². The Labute approximate surface area is 189 Å². The van der Waals surface area contributed by atoms with Crippen molar-refractivity contribution in [1.82, 2.24) is 4.90 Å². The Hall–Kier alpha value is -0.560. The highest BCUT2D eigenvalue weighted by molar-refractivity contribution is 4.89. The normalized spacial score (nSPS) is 13.5. The molecule has 2 atom stereocenters. The molecule has 0 radical (unpaired) electrons. The summed E-state index contributed by atoms with van der Waals surface area (Å²) in [6, 6.07) is 0. The molecule has 0 saturated heterocycles. The van der Waals surface area contributed by atoms with Gasteiger partial charge in [-0.1, -0.05) is 123 Å². The molecule has 0 rings (SSSR count). The van der Waals surface area contributed by atoms with Gasteiger partial charge in [0.15, 0.2) is 0 Å². The predicted molar refractivity (Wildman–Crippen MR) is 132 cm³/mol. The lowest BCUT2D eigenvalue weighted by molar-refractivity contribution is 0.0675. The lowest BCUT2D eigenvalue weighted by atomic mass is 10.0. The fourth-order valence-corrected chi connectivity index (χ4v) is 4.14. The number of aliphatic hydroxyl groups is 2. The molecule has 0 bridgehead atoms. The van der Waals surface area contributed by atoms with Crippen LogP contribution in [0.1, 0.15) is 129 Å². The van der Waals surface area contributed by atoms with E-state index in [2.05, 4.69) is 19.8 Å². The van der Waals surface area contributed by atoms with Crippen LogP contribution in [-0.4, -0.2) is 47.0 Å². The van der Waals surface area contributed by atoms with Gasteiger partial charge in [0.2, 0.25) is 0 Å². The van der Waals surface area contributed by atoms with Crippen molar-refractivity contribution in [1.29, 1.82) is 0 Å². The van der Waals surface area contributed by atoms with Gasteiger partial charge in [0, 0.05) is 13.1 Å². The number of terminal acetylenes is 1. The third-order valence-corrected chi connectivity index (χ3v) is 6.03. The fourth-order valence-electron chi connectivity index (χ4n) is 4.14. The first-order valence-corrected chi connectivity index (χ1v) is 13.2. The van der Waals surface area contributed by atoms with Crippen LogP contribution < -0.4 is 0 Å². The first-order valence-electron chi connectivity index (χ1n) is 13.2. The minimum Gasteiger partial charge on any atom is -0.392 e. The molecule has 178 valence electrons. The van der Waals surface area contributed by atoms with Crippen molar-refractivity contribution in [2.75, 3.05) is 19.6 Å². The monoisotopic (exact) mass is 423 g/mol. The third-order valence-electron chi connectivity index (χ3n) is 6.03. The van der Waals surface area contributed by atoms with E-state index in [4.69, 9.17) is 6.42 Å². The van der Waals surface area contributed by atoms with E-state index >= 15 is 0 Å². The maximum atomic E-state index is 10.4. The average Bonchev–Trinajstić information content (AvgIpc) is 2.72. The van der Waals surface area contributed by atoms with Crippen molar-refractivity contribution in [3.8, 4) is 12.3 Å². The zero-order valence-electron chi connectivity index (χ0n) is 20.4. The number of hydrogen-bond acceptors (Lipinski definition) is 3. The molecule has 2 unspecified atom stereocenters. The molecule has 0 fully saturated rings. The van der Waals surface area contributed by atoms with Crippen molar-refractivity contribution in [2.45, 2.75) is 142 Å². The van der Waals surface area contributed by atoms with E-state index in [1.807, 2.05) is 4.90 Å². The number of rotatable bonds is 23. The van der Waals surface area contributed by atoms with E-state index in [1.165, 1.54) is 89.9 Å². The highest BCUT2D eigenvalue weighted by atomic mass is 16.3. The lowest BCUT2D eigenvalue weighted by Crippen LogP contribution is -2.38. The van der Waals surface area contributed by atoms with Crippen molar-refractivity contribution in [2.24, 2.45) is 0 Å². The largest absolute Gasteiger partial charge is 0.392 e. The molecule has 30 heavy (non-hydrogen) atoms. The second-order valence-corrected chi connectivity index (χ2v) is 9.23. The summed E-state index contributed by atoms with van der Waals surface area (Å²) in [4.78, 5) is 2.05. The second-order valence-electron chi connectivity index (χ2n) is 9.23. The van der Waals surface area contributed by atoms with Crippen LogP contribution in [0.25, 0.3) is 0 Å². The van der Waals surface area contributed by atoms with Gasteiger partial charge in [-0.15, -0.1) is 6.42 Å². The van der Waals surface area contributed by atoms with Crippen LogP contribution in [0.3, 0.4) is 0 Å². The number of hydrogen-bond donors (Lipinski definition) is 2. The zero-order chi connectivity index (χ0) is 22.3. The van der Waals surface area contributed by atoms with Crippen molar-refractivity contribution in [3.05, 3.63) is 0 Å². The summed E-state index contributed by atoms with van der Waals surface area (Å²) >= 11 is 0. The fraction of sp³-hybridized carbons (Fsp3) is 0.926. The van der Waals surface area contributed by atoms with Crippen LogP contribution in [0.15, 0.2) is 0 Å². The smallest absolute Gasteiger partial charge is 0.0667 e. The maximum absolute atomic E-state index is 10.4. The third kappa shape index (κ3) is 20.7. The Morgan fingerprint density at radius 3 is 1.27 bits per heavy atom. The summed E-state index contributed by atoms with van der Waals surface area (Å²) in [5.41, 5.74) is 0. The predicted octanol–water partition coefficient (Wildman–Crippen LogP) is 6.71. The van der Waals surface area contributed by atoms with E-state index in [-0.39, 0.29) is 12.2 Å². The number of aliphatic hydroxyl groups excluding tert-OH is 2. The summed E-state index contributed by atoms with van der Waals surface area (Å²) in [6.45, 7) is 6.16. The molecule has 3 nitrogen and oxygen atoms in total. The molecule has 0 aliphatic carbocycles. The van der Waals surface area contributed by atoms with Crippen molar-refractivity contribution < 1.29 is 10.2 Å². The quantitative estimate of drug-likeness (QED) is 0.142.